The Hall–Kier alpha value is -1.04. The average Bonchev–Trinajstić information content (AvgIpc) is 2.21. The zero-order chi connectivity index (χ0) is 11.5. The molecule has 1 aromatic carbocycles. The number of rotatable bonds is 0. The van der Waals surface area contributed by atoms with Crippen molar-refractivity contribution in [2.75, 3.05) is 0 Å². The van der Waals surface area contributed by atoms with Crippen LogP contribution in [0, 0.1) is 12.3 Å². The van der Waals surface area contributed by atoms with Crippen molar-refractivity contribution in [1.82, 2.24) is 0 Å². The predicted octanol–water partition coefficient (Wildman–Crippen LogP) is 3.01. The Morgan fingerprint density at radius 3 is 2.40 bits per heavy atom. The van der Waals surface area contributed by atoms with E-state index in [0.29, 0.717) is 5.41 Å². The van der Waals surface area contributed by atoms with Crippen molar-refractivity contribution in [3.05, 3.63) is 34.2 Å². The van der Waals surface area contributed by atoms with Crippen molar-refractivity contribution < 1.29 is 0 Å². The molecule has 15 heavy (non-hydrogen) atoms. The van der Waals surface area contributed by atoms with E-state index in [9.17, 15) is 0 Å². The van der Waals surface area contributed by atoms with E-state index in [1.807, 2.05) is 13.8 Å². The van der Waals surface area contributed by atoms with Crippen LogP contribution in [0.1, 0.15) is 39.7 Å². The first kappa shape index (κ1) is 12.0. The summed E-state index contributed by atoms with van der Waals surface area (Å²) in [6, 6.07) is 6.67. The maximum Gasteiger partial charge on any atom is -0.0131 e. The van der Waals surface area contributed by atoms with Gasteiger partial charge in [0.1, 0.15) is 0 Å². The Morgan fingerprint density at radius 1 is 1.07 bits per heavy atom. The molecule has 0 radical (unpaired) electrons. The van der Waals surface area contributed by atoms with Gasteiger partial charge in [-0.3, -0.25) is 0 Å². The lowest BCUT2D eigenvalue weighted by Gasteiger charge is -2.20. The van der Waals surface area contributed by atoms with E-state index in [0.717, 1.165) is 6.42 Å². The summed E-state index contributed by atoms with van der Waals surface area (Å²) >= 11 is 0. The zero-order valence-corrected chi connectivity index (χ0v) is 10.6. The topological polar surface area (TPSA) is 0 Å². The normalized spacial score (nSPS) is 16.3. The van der Waals surface area contributed by atoms with E-state index in [-0.39, 0.29) is 0 Å². The van der Waals surface area contributed by atoms with Crippen molar-refractivity contribution in [1.29, 1.82) is 0 Å². The Bertz CT molecular complexity index is 436. The number of hydrogen-bond donors (Lipinski definition) is 0. The Kier molecular flexibility index (Phi) is 3.73. The second-order valence-corrected chi connectivity index (χ2v) is 4.67. The molecule has 0 spiro atoms. The Morgan fingerprint density at radius 2 is 1.73 bits per heavy atom. The molecule has 0 amide bonds. The van der Waals surface area contributed by atoms with Crippen molar-refractivity contribution in [3.8, 4) is 0 Å². The lowest BCUT2D eigenvalue weighted by molar-refractivity contribution is 0.534. The third kappa shape index (κ3) is 2.95. The predicted molar refractivity (Wildman–Crippen MR) is 69.1 cm³/mol. The lowest BCUT2D eigenvalue weighted by Crippen LogP contribution is -2.31. The quantitative estimate of drug-likeness (QED) is 0.606. The average molecular weight is 202 g/mol. The molecule has 1 aliphatic rings. The minimum absolute atomic E-state index is 0.336. The van der Waals surface area contributed by atoms with Gasteiger partial charge in [-0.25, -0.2) is 0 Å². The van der Waals surface area contributed by atoms with E-state index < -0.39 is 0 Å². The summed E-state index contributed by atoms with van der Waals surface area (Å²) in [4.78, 5) is 0. The Labute approximate surface area is 93.3 Å². The first-order chi connectivity index (χ1) is 7.07. The fourth-order valence-electron chi connectivity index (χ4n) is 1.86. The fourth-order valence-corrected chi connectivity index (χ4v) is 1.86. The molecule has 0 nitrogen and oxygen atoms in total. The maximum atomic E-state index is 2.38. The molecular formula is C15H22. The molecule has 0 saturated carbocycles. The molecule has 0 heteroatoms. The first-order valence-corrected chi connectivity index (χ1v) is 5.87. The maximum absolute atomic E-state index is 2.38. The zero-order valence-electron chi connectivity index (χ0n) is 10.6. The standard InChI is InChI=1S/C13H16.C2H6/c1-10-4-5-12-9-13(2,3)7-6-11(12)8-10;1-2/h4-6,8-9H,7H2,1-3H3;1-2H3. The molecule has 0 atom stereocenters. The molecule has 0 saturated heterocycles. The highest BCUT2D eigenvalue weighted by atomic mass is 14.2. The van der Waals surface area contributed by atoms with Gasteiger partial charge in [-0.2, -0.15) is 0 Å². The lowest BCUT2D eigenvalue weighted by atomic mass is 9.84. The van der Waals surface area contributed by atoms with Crippen LogP contribution in [-0.4, -0.2) is 0 Å². The van der Waals surface area contributed by atoms with E-state index >= 15 is 0 Å². The van der Waals surface area contributed by atoms with Crippen LogP contribution in [0.15, 0.2) is 18.2 Å². The van der Waals surface area contributed by atoms with E-state index in [2.05, 4.69) is 51.1 Å². The SMILES string of the molecule is CC.Cc1ccc2c(c1)=CCC(C)(C)C=2. The number of hydrogen-bond acceptors (Lipinski definition) is 0. The van der Waals surface area contributed by atoms with Gasteiger partial charge in [0.2, 0.25) is 0 Å². The van der Waals surface area contributed by atoms with Crippen LogP contribution in [0.25, 0.3) is 12.2 Å². The van der Waals surface area contributed by atoms with Gasteiger partial charge in [0.15, 0.2) is 0 Å². The van der Waals surface area contributed by atoms with Gasteiger partial charge in [-0.15, -0.1) is 0 Å². The smallest absolute Gasteiger partial charge is 0.0131 e. The number of benzene rings is 1. The van der Waals surface area contributed by atoms with Crippen LogP contribution in [0.5, 0.6) is 0 Å². The van der Waals surface area contributed by atoms with Crippen LogP contribution in [0.2, 0.25) is 0 Å². The van der Waals surface area contributed by atoms with Crippen LogP contribution in [0.4, 0.5) is 0 Å². The Balaban J connectivity index is 0.000000531. The van der Waals surface area contributed by atoms with Crippen molar-refractivity contribution in [3.63, 3.8) is 0 Å². The summed E-state index contributed by atoms with van der Waals surface area (Å²) in [5, 5.41) is 2.79. The minimum atomic E-state index is 0.336. The van der Waals surface area contributed by atoms with E-state index in [4.69, 9.17) is 0 Å². The van der Waals surface area contributed by atoms with Crippen molar-refractivity contribution >= 4 is 12.2 Å². The molecule has 2 rings (SSSR count). The second kappa shape index (κ2) is 4.65. The van der Waals surface area contributed by atoms with Crippen LogP contribution >= 0.6 is 0 Å². The largest absolute Gasteiger partial charge is 0.0758 e. The highest BCUT2D eigenvalue weighted by molar-refractivity contribution is 5.44. The molecule has 1 aliphatic carbocycles. The van der Waals surface area contributed by atoms with Gasteiger partial charge >= 0.3 is 0 Å². The molecule has 0 aliphatic heterocycles. The van der Waals surface area contributed by atoms with Gasteiger partial charge in [-0.1, -0.05) is 63.6 Å². The van der Waals surface area contributed by atoms with Gasteiger partial charge in [0.25, 0.3) is 0 Å². The van der Waals surface area contributed by atoms with Gasteiger partial charge in [-0.05, 0) is 29.2 Å². The van der Waals surface area contributed by atoms with Crippen LogP contribution in [-0.2, 0) is 0 Å². The minimum Gasteiger partial charge on any atom is -0.0758 e. The number of aryl methyl sites for hydroxylation is 1. The summed E-state index contributed by atoms with van der Waals surface area (Å²) in [6.45, 7) is 10.7. The third-order valence-electron chi connectivity index (χ3n) is 2.64. The van der Waals surface area contributed by atoms with Gasteiger partial charge < -0.3 is 0 Å². The molecule has 0 fully saturated rings. The van der Waals surface area contributed by atoms with E-state index in [1.165, 1.54) is 16.0 Å². The molecule has 0 heterocycles. The summed E-state index contributed by atoms with van der Waals surface area (Å²) in [5.41, 5.74) is 1.69. The monoisotopic (exact) mass is 202 g/mol. The molecule has 0 N–H and O–H groups in total. The summed E-state index contributed by atoms with van der Waals surface area (Å²) in [5.74, 6) is 0. The molecular weight excluding hydrogens is 180 g/mol. The molecule has 82 valence electrons. The fraction of sp³-hybridized carbons (Fsp3) is 0.467. The van der Waals surface area contributed by atoms with Crippen LogP contribution < -0.4 is 10.4 Å². The molecule has 0 bridgehead atoms. The highest BCUT2D eigenvalue weighted by Crippen LogP contribution is 2.23. The van der Waals surface area contributed by atoms with Gasteiger partial charge in [0.05, 0.1) is 0 Å². The first-order valence-electron chi connectivity index (χ1n) is 5.87. The third-order valence-corrected chi connectivity index (χ3v) is 2.64. The highest BCUT2D eigenvalue weighted by Gasteiger charge is 2.14. The summed E-state index contributed by atoms with van der Waals surface area (Å²) in [6.07, 6.45) is 5.88. The summed E-state index contributed by atoms with van der Waals surface area (Å²) in [7, 11) is 0. The van der Waals surface area contributed by atoms with Crippen molar-refractivity contribution in [2.45, 2.75) is 41.0 Å². The molecule has 1 aromatic rings. The molecule has 0 aromatic heterocycles. The van der Waals surface area contributed by atoms with Crippen molar-refractivity contribution in [2.24, 2.45) is 5.41 Å². The van der Waals surface area contributed by atoms with Crippen LogP contribution in [0.3, 0.4) is 0 Å². The number of fused-ring (bicyclic) bond motifs is 1. The van der Waals surface area contributed by atoms with E-state index in [1.54, 1.807) is 0 Å². The van der Waals surface area contributed by atoms with Gasteiger partial charge in [0, 0.05) is 0 Å². The summed E-state index contributed by atoms with van der Waals surface area (Å²) < 4.78 is 0. The molecule has 0 unspecified atom stereocenters. The second-order valence-electron chi connectivity index (χ2n) is 4.67.